The number of amides is 1. The first-order chi connectivity index (χ1) is 17.6. The second-order valence-corrected chi connectivity index (χ2v) is 8.65. The number of likely N-dealkylation sites (tertiary alicyclic amines) is 1. The third-order valence-electron chi connectivity index (χ3n) is 6.37. The summed E-state index contributed by atoms with van der Waals surface area (Å²) in [5, 5.41) is 11.7. The van der Waals surface area contributed by atoms with E-state index in [0.29, 0.717) is 73.5 Å². The molecule has 2 aliphatic rings. The minimum absolute atomic E-state index is 0.0123. The Morgan fingerprint density at radius 3 is 2.44 bits per heavy atom. The minimum atomic E-state index is 0.0123. The predicted molar refractivity (Wildman–Crippen MR) is 135 cm³/mol. The third kappa shape index (κ3) is 5.08. The number of nitrogens with one attached hydrogen (secondary N) is 2. The van der Waals surface area contributed by atoms with Gasteiger partial charge in [-0.1, -0.05) is 0 Å². The van der Waals surface area contributed by atoms with E-state index in [1.165, 1.54) is 6.21 Å². The fraction of sp³-hybridized carbons (Fsp3) is 0.375. The molecule has 0 atom stereocenters. The van der Waals surface area contributed by atoms with Gasteiger partial charge in [-0.3, -0.25) is 9.78 Å². The number of aromatic nitrogens is 5. The highest BCUT2D eigenvalue weighted by Gasteiger charge is 2.26. The molecule has 0 radical (unpaired) electrons. The summed E-state index contributed by atoms with van der Waals surface area (Å²) in [5.74, 6) is 1.32. The van der Waals surface area contributed by atoms with Crippen molar-refractivity contribution in [2.45, 2.75) is 18.9 Å². The molecule has 3 aromatic heterocycles. The van der Waals surface area contributed by atoms with Gasteiger partial charge in [-0.05, 0) is 25.0 Å². The number of pyridine rings is 1. The van der Waals surface area contributed by atoms with Crippen molar-refractivity contribution in [3.63, 3.8) is 0 Å². The van der Waals surface area contributed by atoms with Gasteiger partial charge < -0.3 is 31.0 Å². The van der Waals surface area contributed by atoms with E-state index in [1.54, 1.807) is 36.9 Å². The molecule has 0 saturated carbocycles. The van der Waals surface area contributed by atoms with Crippen molar-refractivity contribution in [3.8, 4) is 11.3 Å². The Kier molecular flexibility index (Phi) is 6.94. The second kappa shape index (κ2) is 10.6. The molecular formula is C24H28N10O2. The van der Waals surface area contributed by atoms with E-state index in [4.69, 9.17) is 25.8 Å². The summed E-state index contributed by atoms with van der Waals surface area (Å²) in [7, 11) is 0. The molecule has 12 nitrogen and oxygen atoms in total. The Morgan fingerprint density at radius 2 is 1.78 bits per heavy atom. The van der Waals surface area contributed by atoms with Crippen LogP contribution in [0.4, 0.5) is 17.7 Å². The molecule has 36 heavy (non-hydrogen) atoms. The molecular weight excluding hydrogens is 460 g/mol. The number of nitrogen functional groups attached to an aromatic ring is 1. The van der Waals surface area contributed by atoms with Crippen LogP contribution in [0.5, 0.6) is 0 Å². The van der Waals surface area contributed by atoms with E-state index in [-0.39, 0.29) is 17.9 Å². The van der Waals surface area contributed by atoms with Gasteiger partial charge in [-0.25, -0.2) is 15.0 Å². The van der Waals surface area contributed by atoms with Crippen molar-refractivity contribution in [3.05, 3.63) is 48.0 Å². The Morgan fingerprint density at radius 1 is 1.08 bits per heavy atom. The smallest absolute Gasteiger partial charge is 0.253 e. The molecule has 12 heteroatoms. The number of morpholine rings is 1. The summed E-state index contributed by atoms with van der Waals surface area (Å²) in [6, 6.07) is 3.56. The highest BCUT2D eigenvalue weighted by atomic mass is 16.5. The van der Waals surface area contributed by atoms with Crippen molar-refractivity contribution in [2.24, 2.45) is 0 Å². The van der Waals surface area contributed by atoms with Crippen LogP contribution in [-0.2, 0) is 4.74 Å². The molecule has 2 saturated heterocycles. The van der Waals surface area contributed by atoms with Crippen molar-refractivity contribution in [1.29, 1.82) is 5.41 Å². The highest BCUT2D eigenvalue weighted by molar-refractivity contribution is 5.94. The summed E-state index contributed by atoms with van der Waals surface area (Å²) in [5.41, 5.74) is 8.09. The fourth-order valence-corrected chi connectivity index (χ4v) is 4.39. The molecule has 5 heterocycles. The third-order valence-corrected chi connectivity index (χ3v) is 6.37. The first-order valence-corrected chi connectivity index (χ1v) is 11.9. The van der Waals surface area contributed by atoms with E-state index in [2.05, 4.69) is 25.2 Å². The lowest BCUT2D eigenvalue weighted by Crippen LogP contribution is -2.42. The van der Waals surface area contributed by atoms with Gasteiger partial charge in [0.1, 0.15) is 5.82 Å². The Bertz CT molecular complexity index is 1210. The van der Waals surface area contributed by atoms with Crippen LogP contribution in [0.3, 0.4) is 0 Å². The number of carbonyl (C=O) groups excluding carboxylic acids is 1. The number of ether oxygens (including phenoxy) is 1. The van der Waals surface area contributed by atoms with Gasteiger partial charge in [0.05, 0.1) is 24.5 Å². The van der Waals surface area contributed by atoms with Crippen LogP contribution >= 0.6 is 0 Å². The maximum Gasteiger partial charge on any atom is 0.253 e. The lowest BCUT2D eigenvalue weighted by Gasteiger charge is -2.33. The zero-order valence-electron chi connectivity index (χ0n) is 19.8. The summed E-state index contributed by atoms with van der Waals surface area (Å²) in [6.45, 7) is 3.80. The van der Waals surface area contributed by atoms with Crippen LogP contribution in [0.1, 0.15) is 28.8 Å². The van der Waals surface area contributed by atoms with Gasteiger partial charge in [0, 0.05) is 74.3 Å². The fourth-order valence-electron chi connectivity index (χ4n) is 4.39. The first kappa shape index (κ1) is 23.5. The van der Waals surface area contributed by atoms with Crippen molar-refractivity contribution >= 4 is 29.8 Å². The van der Waals surface area contributed by atoms with Gasteiger partial charge >= 0.3 is 0 Å². The Balaban J connectivity index is 1.39. The van der Waals surface area contributed by atoms with Crippen molar-refractivity contribution in [2.75, 3.05) is 55.3 Å². The largest absolute Gasteiger partial charge is 0.378 e. The zero-order chi connectivity index (χ0) is 24.9. The molecule has 2 fully saturated rings. The van der Waals surface area contributed by atoms with Gasteiger partial charge in [-0.15, -0.1) is 0 Å². The van der Waals surface area contributed by atoms with Gasteiger partial charge in [-0.2, -0.15) is 4.98 Å². The summed E-state index contributed by atoms with van der Waals surface area (Å²) in [6.07, 6.45) is 9.23. The molecule has 5 rings (SSSR count). The minimum Gasteiger partial charge on any atom is -0.378 e. The van der Waals surface area contributed by atoms with Crippen LogP contribution in [-0.4, -0.2) is 87.4 Å². The molecule has 4 N–H and O–H groups in total. The molecule has 2 aliphatic heterocycles. The second-order valence-electron chi connectivity index (χ2n) is 8.65. The number of hydrogen-bond acceptors (Lipinski definition) is 11. The molecule has 186 valence electrons. The van der Waals surface area contributed by atoms with Crippen molar-refractivity contribution < 1.29 is 9.53 Å². The standard InChI is InChI=1S/C24H28N10O2/c25-13-19-20(17-14-28-23(26)29-15-17)31-24(34-9-11-36-12-10-34)32-21(19)30-18-3-7-33(8-4-18)22(35)16-1-5-27-6-2-16/h1-2,5-6,13-15,18,25H,3-4,7-12H2,(H2,26,28,29)(H,30,31,32). The molecule has 0 aliphatic carbocycles. The van der Waals surface area contributed by atoms with E-state index in [9.17, 15) is 4.79 Å². The van der Waals surface area contributed by atoms with E-state index < -0.39 is 0 Å². The van der Waals surface area contributed by atoms with Gasteiger partial charge in [0.25, 0.3) is 5.91 Å². The lowest BCUT2D eigenvalue weighted by molar-refractivity contribution is 0.0718. The lowest BCUT2D eigenvalue weighted by atomic mass is 10.0. The average Bonchev–Trinajstić information content (AvgIpc) is 2.94. The Labute approximate surface area is 208 Å². The Hall–Kier alpha value is -4.19. The number of piperidine rings is 1. The normalized spacial score (nSPS) is 16.6. The van der Waals surface area contributed by atoms with Gasteiger partial charge in [0.2, 0.25) is 11.9 Å². The van der Waals surface area contributed by atoms with Crippen LogP contribution in [0.15, 0.2) is 36.9 Å². The van der Waals surface area contributed by atoms with Crippen LogP contribution in [0.2, 0.25) is 0 Å². The zero-order valence-corrected chi connectivity index (χ0v) is 19.8. The number of nitrogens with two attached hydrogens (primary N) is 1. The average molecular weight is 489 g/mol. The number of hydrogen-bond donors (Lipinski definition) is 3. The SMILES string of the molecule is N=Cc1c(NC2CCN(C(=O)c3ccncc3)CC2)nc(N2CCOCC2)nc1-c1cnc(N)nc1. The number of nitrogens with zero attached hydrogens (tertiary/aromatic N) is 7. The monoisotopic (exact) mass is 488 g/mol. The number of carbonyl (C=O) groups is 1. The van der Waals surface area contributed by atoms with Gasteiger partial charge in [0.15, 0.2) is 0 Å². The maximum atomic E-state index is 12.8. The highest BCUT2D eigenvalue weighted by Crippen LogP contribution is 2.29. The number of anilines is 3. The van der Waals surface area contributed by atoms with Crippen molar-refractivity contribution in [1.82, 2.24) is 29.8 Å². The number of rotatable bonds is 6. The van der Waals surface area contributed by atoms with E-state index in [0.717, 1.165) is 12.8 Å². The first-order valence-electron chi connectivity index (χ1n) is 11.9. The summed E-state index contributed by atoms with van der Waals surface area (Å²) < 4.78 is 5.49. The van der Waals surface area contributed by atoms with E-state index >= 15 is 0 Å². The predicted octanol–water partition coefficient (Wildman–Crippen LogP) is 1.46. The van der Waals surface area contributed by atoms with Crippen LogP contribution in [0, 0.1) is 5.41 Å². The molecule has 0 spiro atoms. The van der Waals surface area contributed by atoms with Crippen LogP contribution < -0.4 is 16.0 Å². The molecule has 0 unspecified atom stereocenters. The maximum absolute atomic E-state index is 12.8. The molecule has 0 aromatic carbocycles. The quantitative estimate of drug-likeness (QED) is 0.434. The molecule has 3 aromatic rings. The molecule has 0 bridgehead atoms. The topological polar surface area (TPSA) is 159 Å². The van der Waals surface area contributed by atoms with Crippen LogP contribution in [0.25, 0.3) is 11.3 Å². The van der Waals surface area contributed by atoms with E-state index in [1.807, 2.05) is 4.90 Å². The summed E-state index contributed by atoms with van der Waals surface area (Å²) in [4.78, 5) is 38.5. The molecule has 1 amide bonds. The summed E-state index contributed by atoms with van der Waals surface area (Å²) >= 11 is 0.